The van der Waals surface area contributed by atoms with E-state index in [0.717, 1.165) is 5.57 Å². The van der Waals surface area contributed by atoms with Crippen LogP contribution in [0.2, 0.25) is 0 Å². The van der Waals surface area contributed by atoms with Gasteiger partial charge in [0.1, 0.15) is 29.7 Å². The van der Waals surface area contributed by atoms with Gasteiger partial charge < -0.3 is 33.7 Å². The van der Waals surface area contributed by atoms with Gasteiger partial charge in [0.2, 0.25) is 0 Å². The number of cyclic esters (lactones) is 1. The SMILES string of the molecule is CC[C@H]1OC(=O)[C@H](C)C(=O)[C@H](C)[C@@H](O[C@@H]2O[C@H](C)C[C@H](N(C)C)[C@H]2O)[C@](C)(OC)C[C@@H](C)/C(=C\CC(C(C)=O)C(C)=O)[C@H](C)C2C3N2C(=O)O[C@@]31C. The molecular formula is C39H62N2O11. The lowest BCUT2D eigenvalue weighted by molar-refractivity contribution is -0.295. The van der Waals surface area contributed by atoms with E-state index in [2.05, 4.69) is 0 Å². The first-order valence-electron chi connectivity index (χ1n) is 18.8. The van der Waals surface area contributed by atoms with Crippen molar-refractivity contribution < 1.29 is 52.8 Å². The number of nitrogens with zero attached hydrogens (tertiary/aromatic N) is 2. The van der Waals surface area contributed by atoms with Crippen molar-refractivity contribution in [1.82, 2.24) is 9.80 Å². The van der Waals surface area contributed by atoms with Crippen molar-refractivity contribution >= 4 is 29.4 Å². The zero-order valence-electron chi connectivity index (χ0n) is 33.3. The molecule has 294 valence electrons. The Morgan fingerprint density at radius 1 is 1.06 bits per heavy atom. The lowest BCUT2D eigenvalue weighted by Gasteiger charge is -2.47. The lowest BCUT2D eigenvalue weighted by atomic mass is 9.74. The number of rotatable bonds is 9. The van der Waals surface area contributed by atoms with E-state index >= 15 is 0 Å². The Morgan fingerprint density at radius 2 is 1.67 bits per heavy atom. The van der Waals surface area contributed by atoms with Crippen LogP contribution in [-0.2, 0) is 42.9 Å². The predicted octanol–water partition coefficient (Wildman–Crippen LogP) is 4.11. The van der Waals surface area contributed by atoms with Crippen LogP contribution in [0.1, 0.15) is 94.9 Å². The van der Waals surface area contributed by atoms with Crippen molar-refractivity contribution in [1.29, 1.82) is 0 Å². The van der Waals surface area contributed by atoms with Crippen LogP contribution in [0.3, 0.4) is 0 Å². The minimum Gasteiger partial charge on any atom is -0.458 e. The number of amides is 1. The molecule has 0 aromatic rings. The molecule has 52 heavy (non-hydrogen) atoms. The largest absolute Gasteiger partial charge is 0.458 e. The predicted molar refractivity (Wildman–Crippen MR) is 191 cm³/mol. The van der Waals surface area contributed by atoms with Gasteiger partial charge in [-0.15, -0.1) is 0 Å². The molecule has 0 radical (unpaired) electrons. The Bertz CT molecular complexity index is 1400. The van der Waals surface area contributed by atoms with Gasteiger partial charge in [-0.3, -0.25) is 24.1 Å². The summed E-state index contributed by atoms with van der Waals surface area (Å²) in [6, 6.07) is -0.986. The molecule has 4 saturated heterocycles. The highest BCUT2D eigenvalue weighted by atomic mass is 16.7. The van der Waals surface area contributed by atoms with Crippen molar-refractivity contribution in [3.8, 4) is 0 Å². The highest BCUT2D eigenvalue weighted by molar-refractivity contribution is 6.00. The second kappa shape index (κ2) is 15.9. The fraction of sp³-hybridized carbons (Fsp3) is 0.821. The van der Waals surface area contributed by atoms with Crippen molar-refractivity contribution in [2.45, 2.75) is 155 Å². The molecule has 0 spiro atoms. The summed E-state index contributed by atoms with van der Waals surface area (Å²) in [5, 5.41) is 11.5. The maximum Gasteiger partial charge on any atom is 0.411 e. The highest BCUT2D eigenvalue weighted by Crippen LogP contribution is 2.54. The molecule has 0 aromatic heterocycles. The maximum absolute atomic E-state index is 14.3. The zero-order valence-corrected chi connectivity index (χ0v) is 33.3. The summed E-state index contributed by atoms with van der Waals surface area (Å²) in [7, 11) is 5.29. The number of ether oxygens (including phenoxy) is 5. The summed E-state index contributed by atoms with van der Waals surface area (Å²) < 4.78 is 31.1. The van der Waals surface area contributed by atoms with E-state index < -0.39 is 77.4 Å². The second-order valence-electron chi connectivity index (χ2n) is 16.4. The van der Waals surface area contributed by atoms with Gasteiger partial charge in [-0.2, -0.15) is 0 Å². The number of methoxy groups -OCH3 is 1. The molecule has 4 fully saturated rings. The number of esters is 1. The molecule has 4 heterocycles. The average Bonchev–Trinajstić information content (AvgIpc) is 3.77. The molecule has 13 heteroatoms. The number of Topliss-reactive ketones (excluding diaryl/α,β-unsaturated/α-hetero) is 3. The van der Waals surface area contributed by atoms with Gasteiger partial charge >= 0.3 is 12.1 Å². The molecular weight excluding hydrogens is 672 g/mol. The summed E-state index contributed by atoms with van der Waals surface area (Å²) >= 11 is 0. The van der Waals surface area contributed by atoms with Gasteiger partial charge in [0.15, 0.2) is 17.7 Å². The molecule has 0 bridgehead atoms. The molecule has 4 rings (SSSR count). The van der Waals surface area contributed by atoms with Crippen LogP contribution in [-0.4, -0.2) is 126 Å². The number of fused-ring (bicyclic) bond motifs is 1. The molecule has 0 saturated carbocycles. The van der Waals surface area contributed by atoms with Crippen molar-refractivity contribution in [3.63, 3.8) is 0 Å². The van der Waals surface area contributed by atoms with Gasteiger partial charge in [-0.1, -0.05) is 39.3 Å². The van der Waals surface area contributed by atoms with E-state index in [9.17, 15) is 29.1 Å². The number of aliphatic hydroxyl groups is 1. The van der Waals surface area contributed by atoms with Crippen molar-refractivity contribution in [2.75, 3.05) is 21.2 Å². The quantitative estimate of drug-likeness (QED) is 0.157. The van der Waals surface area contributed by atoms with Gasteiger partial charge in [0, 0.05) is 25.0 Å². The highest BCUT2D eigenvalue weighted by Gasteiger charge is 2.73. The summed E-state index contributed by atoms with van der Waals surface area (Å²) in [5.41, 5.74) is -1.45. The standard InChI is InChI=1S/C39H62N2O11/c1-14-29-39(10)33-30(41(33)37(47)52-39)21(4)26(15-16-27(24(7)42)25(8)43)19(2)18-38(9,48-13)34(22(5)31(44)23(6)35(46)50-29)51-36-32(45)28(40(11)12)17-20(3)49-36/h15,19-23,27-30,32-34,36,45H,14,16-18H2,1-13H3/b26-15+/t19-,20-,21+,22+,23-,28+,29-,30?,32-,33?,34-,36+,38-,39-,41?/m1/s1. The number of hydrogen-bond acceptors (Lipinski definition) is 12. The fourth-order valence-corrected chi connectivity index (χ4v) is 9.22. The molecule has 1 N–H and O–H groups in total. The maximum atomic E-state index is 14.3. The Kier molecular flexibility index (Phi) is 12.9. The zero-order chi connectivity index (χ0) is 39.2. The molecule has 1 amide bonds. The molecule has 0 aromatic carbocycles. The first-order chi connectivity index (χ1) is 24.1. The molecule has 4 aliphatic heterocycles. The van der Waals surface area contributed by atoms with E-state index in [-0.39, 0.29) is 48.0 Å². The molecule has 13 nitrogen and oxygen atoms in total. The number of likely N-dealkylation sites (N-methyl/N-ethyl adjacent to an activating group) is 1. The molecule has 2 unspecified atom stereocenters. The average molecular weight is 735 g/mol. The number of hydrogen-bond donors (Lipinski definition) is 1. The summed E-state index contributed by atoms with van der Waals surface area (Å²) in [6.07, 6.45) is -1.40. The van der Waals surface area contributed by atoms with E-state index in [1.165, 1.54) is 27.9 Å². The van der Waals surface area contributed by atoms with Gasteiger partial charge in [0.25, 0.3) is 0 Å². The van der Waals surface area contributed by atoms with Gasteiger partial charge in [-0.25, -0.2) is 4.79 Å². The smallest absolute Gasteiger partial charge is 0.411 e. The van der Waals surface area contributed by atoms with Crippen LogP contribution in [0.5, 0.6) is 0 Å². The normalized spacial score (nSPS) is 42.4. The third-order valence-corrected chi connectivity index (χ3v) is 12.4. The van der Waals surface area contributed by atoms with Gasteiger partial charge in [-0.05, 0) is 87.2 Å². The number of ketones is 3. The Hall–Kier alpha value is -2.71. The van der Waals surface area contributed by atoms with Gasteiger partial charge in [0.05, 0.1) is 35.8 Å². The minimum absolute atomic E-state index is 0.185. The molecule has 4 aliphatic rings. The van der Waals surface area contributed by atoms with Crippen molar-refractivity contribution in [3.05, 3.63) is 11.6 Å². The van der Waals surface area contributed by atoms with Crippen LogP contribution in [0.25, 0.3) is 0 Å². The minimum atomic E-state index is -1.19. The summed E-state index contributed by atoms with van der Waals surface area (Å²) in [5.74, 6) is -5.10. The third-order valence-electron chi connectivity index (χ3n) is 12.4. The van der Waals surface area contributed by atoms with Crippen LogP contribution < -0.4 is 0 Å². The van der Waals surface area contributed by atoms with E-state index in [1.807, 2.05) is 59.7 Å². The first kappa shape index (κ1) is 42.0. The number of carbonyl (C=O) groups is 5. The summed E-state index contributed by atoms with van der Waals surface area (Å²) in [6.45, 7) is 17.4. The monoisotopic (exact) mass is 734 g/mol. The van der Waals surface area contributed by atoms with Crippen LogP contribution in [0.4, 0.5) is 4.79 Å². The number of aliphatic hydroxyl groups excluding tert-OH is 1. The Balaban J connectivity index is 1.86. The van der Waals surface area contributed by atoms with Crippen molar-refractivity contribution in [2.24, 2.45) is 29.6 Å². The second-order valence-corrected chi connectivity index (χ2v) is 16.4. The Labute approximate surface area is 309 Å². The third kappa shape index (κ3) is 7.90. The first-order valence-corrected chi connectivity index (χ1v) is 18.8. The summed E-state index contributed by atoms with van der Waals surface area (Å²) in [4.78, 5) is 70.0. The van der Waals surface area contributed by atoms with E-state index in [1.54, 1.807) is 18.7 Å². The van der Waals surface area contributed by atoms with Crippen LogP contribution in [0, 0.1) is 29.6 Å². The number of carbonyl (C=O) groups excluding carboxylic acids is 5. The molecule has 0 aliphatic carbocycles. The number of allylic oxidation sites excluding steroid dienone is 1. The lowest BCUT2D eigenvalue weighted by Crippen LogP contribution is -2.59. The fourth-order valence-electron chi connectivity index (χ4n) is 9.22. The molecule has 14 atom stereocenters. The Morgan fingerprint density at radius 3 is 2.21 bits per heavy atom. The van der Waals surface area contributed by atoms with E-state index in [4.69, 9.17) is 23.7 Å². The van der Waals surface area contributed by atoms with E-state index in [0.29, 0.717) is 19.3 Å². The topological polar surface area (TPSA) is 158 Å². The van der Waals surface area contributed by atoms with Crippen LogP contribution in [0.15, 0.2) is 11.6 Å². The van der Waals surface area contributed by atoms with Crippen LogP contribution >= 0.6 is 0 Å².